The molecule has 1 amide bonds. The van der Waals surface area contributed by atoms with Crippen LogP contribution in [0.15, 0.2) is 29.9 Å². The van der Waals surface area contributed by atoms with Gasteiger partial charge in [-0.25, -0.2) is 4.98 Å². The number of carbonyl (C=O) groups excluding carboxylic acids is 1. The molecule has 0 aromatic carbocycles. The molecule has 0 fully saturated rings. The first-order valence-corrected chi connectivity index (χ1v) is 7.30. The standard InChI is InChI=1S/C14H16N4OS/c1-10-3-4-12(17(10)2)8-15-13(19)7-11-9-18-5-6-20-14(18)16-11/h3-6,9H,7-8H2,1-2H3,(H,15,19). The molecular formula is C14H16N4OS. The maximum atomic E-state index is 11.9. The van der Waals surface area contributed by atoms with Gasteiger partial charge >= 0.3 is 0 Å². The molecule has 0 radical (unpaired) electrons. The van der Waals surface area contributed by atoms with Crippen LogP contribution in [-0.2, 0) is 24.8 Å². The lowest BCUT2D eigenvalue weighted by Gasteiger charge is -2.06. The van der Waals surface area contributed by atoms with Gasteiger partial charge in [0.2, 0.25) is 5.91 Å². The highest BCUT2D eigenvalue weighted by atomic mass is 32.1. The van der Waals surface area contributed by atoms with Gasteiger partial charge in [0.1, 0.15) is 0 Å². The number of aryl methyl sites for hydroxylation is 1. The zero-order chi connectivity index (χ0) is 14.1. The molecular weight excluding hydrogens is 272 g/mol. The highest BCUT2D eigenvalue weighted by molar-refractivity contribution is 7.15. The zero-order valence-electron chi connectivity index (χ0n) is 11.5. The van der Waals surface area contributed by atoms with Crippen LogP contribution < -0.4 is 5.32 Å². The van der Waals surface area contributed by atoms with Crippen LogP contribution in [0.2, 0.25) is 0 Å². The molecule has 3 aromatic rings. The summed E-state index contributed by atoms with van der Waals surface area (Å²) in [6.45, 7) is 2.59. The van der Waals surface area contributed by atoms with Crippen molar-refractivity contribution in [2.24, 2.45) is 7.05 Å². The first kappa shape index (κ1) is 12.9. The van der Waals surface area contributed by atoms with Crippen molar-refractivity contribution in [3.05, 3.63) is 47.0 Å². The fraction of sp³-hybridized carbons (Fsp3) is 0.286. The Morgan fingerprint density at radius 2 is 2.30 bits per heavy atom. The molecule has 5 nitrogen and oxygen atoms in total. The summed E-state index contributed by atoms with van der Waals surface area (Å²) in [6.07, 6.45) is 4.16. The lowest BCUT2D eigenvalue weighted by atomic mass is 10.3. The third-order valence-electron chi connectivity index (χ3n) is 3.43. The normalized spacial score (nSPS) is 11.1. The van der Waals surface area contributed by atoms with E-state index in [1.807, 2.05) is 48.3 Å². The van der Waals surface area contributed by atoms with Gasteiger partial charge in [-0.15, -0.1) is 11.3 Å². The molecule has 0 atom stereocenters. The SMILES string of the molecule is Cc1ccc(CNC(=O)Cc2cn3ccsc3n2)n1C. The highest BCUT2D eigenvalue weighted by Crippen LogP contribution is 2.11. The number of nitrogens with one attached hydrogen (secondary N) is 1. The van der Waals surface area contributed by atoms with Crippen LogP contribution in [0.5, 0.6) is 0 Å². The molecule has 104 valence electrons. The summed E-state index contributed by atoms with van der Waals surface area (Å²) >= 11 is 1.57. The molecule has 0 unspecified atom stereocenters. The largest absolute Gasteiger partial charge is 0.350 e. The molecule has 0 bridgehead atoms. The quantitative estimate of drug-likeness (QED) is 0.797. The second kappa shape index (κ2) is 5.13. The molecule has 0 aliphatic rings. The Labute approximate surface area is 120 Å². The van der Waals surface area contributed by atoms with Gasteiger partial charge in [0.25, 0.3) is 0 Å². The number of carbonyl (C=O) groups is 1. The monoisotopic (exact) mass is 288 g/mol. The van der Waals surface area contributed by atoms with Crippen molar-refractivity contribution in [2.75, 3.05) is 0 Å². The first-order valence-electron chi connectivity index (χ1n) is 6.42. The molecule has 3 rings (SSSR count). The van der Waals surface area contributed by atoms with Crippen LogP contribution in [0.1, 0.15) is 17.1 Å². The van der Waals surface area contributed by atoms with Crippen molar-refractivity contribution in [1.29, 1.82) is 0 Å². The van der Waals surface area contributed by atoms with E-state index >= 15 is 0 Å². The smallest absolute Gasteiger partial charge is 0.226 e. The Hall–Kier alpha value is -2.08. The number of rotatable bonds is 4. The minimum Gasteiger partial charge on any atom is -0.350 e. The third kappa shape index (κ3) is 2.46. The zero-order valence-corrected chi connectivity index (χ0v) is 12.3. The van der Waals surface area contributed by atoms with E-state index in [1.165, 1.54) is 5.69 Å². The summed E-state index contributed by atoms with van der Waals surface area (Å²) in [5, 5.41) is 4.91. The Bertz CT molecular complexity index is 724. The molecule has 3 aromatic heterocycles. The lowest BCUT2D eigenvalue weighted by Crippen LogP contribution is -2.25. The molecule has 0 aliphatic heterocycles. The third-order valence-corrected chi connectivity index (χ3v) is 4.20. The van der Waals surface area contributed by atoms with Gasteiger partial charge in [0.05, 0.1) is 18.7 Å². The van der Waals surface area contributed by atoms with Crippen molar-refractivity contribution in [3.63, 3.8) is 0 Å². The topological polar surface area (TPSA) is 51.3 Å². The Morgan fingerprint density at radius 3 is 3.00 bits per heavy atom. The predicted octanol–water partition coefficient (Wildman–Crippen LogP) is 1.90. The van der Waals surface area contributed by atoms with E-state index in [9.17, 15) is 4.79 Å². The highest BCUT2D eigenvalue weighted by Gasteiger charge is 2.09. The molecule has 6 heteroatoms. The second-order valence-electron chi connectivity index (χ2n) is 4.80. The number of fused-ring (bicyclic) bond motifs is 1. The number of amides is 1. The van der Waals surface area contributed by atoms with Crippen molar-refractivity contribution < 1.29 is 4.79 Å². The van der Waals surface area contributed by atoms with Gasteiger partial charge < -0.3 is 9.88 Å². The van der Waals surface area contributed by atoms with E-state index in [0.717, 1.165) is 16.3 Å². The molecule has 0 saturated carbocycles. The Kier molecular flexibility index (Phi) is 3.31. The van der Waals surface area contributed by atoms with Gasteiger partial charge in [0, 0.05) is 36.2 Å². The van der Waals surface area contributed by atoms with Crippen LogP contribution in [0, 0.1) is 6.92 Å². The number of hydrogen-bond acceptors (Lipinski definition) is 3. The number of hydrogen-bond donors (Lipinski definition) is 1. The van der Waals surface area contributed by atoms with E-state index in [-0.39, 0.29) is 5.91 Å². The second-order valence-corrected chi connectivity index (χ2v) is 5.68. The Balaban J connectivity index is 1.59. The summed E-state index contributed by atoms with van der Waals surface area (Å²) in [7, 11) is 2.00. The van der Waals surface area contributed by atoms with Crippen molar-refractivity contribution in [2.45, 2.75) is 19.9 Å². The molecule has 20 heavy (non-hydrogen) atoms. The first-order chi connectivity index (χ1) is 9.63. The van der Waals surface area contributed by atoms with Crippen LogP contribution in [0.3, 0.4) is 0 Å². The lowest BCUT2D eigenvalue weighted by molar-refractivity contribution is -0.120. The minimum absolute atomic E-state index is 0.00499. The van der Waals surface area contributed by atoms with Gasteiger partial charge in [-0.05, 0) is 19.1 Å². The average molecular weight is 288 g/mol. The van der Waals surface area contributed by atoms with Gasteiger partial charge in [-0.3, -0.25) is 9.20 Å². The summed E-state index contributed by atoms with van der Waals surface area (Å²) in [5.74, 6) is -0.00499. The van der Waals surface area contributed by atoms with Crippen molar-refractivity contribution in [1.82, 2.24) is 19.3 Å². The Morgan fingerprint density at radius 1 is 1.45 bits per heavy atom. The van der Waals surface area contributed by atoms with Gasteiger partial charge in [-0.2, -0.15) is 0 Å². The van der Waals surface area contributed by atoms with Crippen molar-refractivity contribution >= 4 is 22.2 Å². The van der Waals surface area contributed by atoms with E-state index in [4.69, 9.17) is 0 Å². The average Bonchev–Trinajstić information content (AvgIpc) is 3.05. The summed E-state index contributed by atoms with van der Waals surface area (Å²) in [6, 6.07) is 4.08. The summed E-state index contributed by atoms with van der Waals surface area (Å²) in [4.78, 5) is 17.3. The van der Waals surface area contributed by atoms with Crippen LogP contribution in [-0.4, -0.2) is 19.9 Å². The van der Waals surface area contributed by atoms with E-state index in [2.05, 4.69) is 14.9 Å². The van der Waals surface area contributed by atoms with Crippen LogP contribution >= 0.6 is 11.3 Å². The molecule has 1 N–H and O–H groups in total. The van der Waals surface area contributed by atoms with Gasteiger partial charge in [-0.1, -0.05) is 0 Å². The van der Waals surface area contributed by atoms with Crippen LogP contribution in [0.25, 0.3) is 4.96 Å². The van der Waals surface area contributed by atoms with E-state index < -0.39 is 0 Å². The summed E-state index contributed by atoms with van der Waals surface area (Å²) < 4.78 is 4.01. The number of aromatic nitrogens is 3. The number of imidazole rings is 1. The van der Waals surface area contributed by atoms with Gasteiger partial charge in [0.15, 0.2) is 4.96 Å². The summed E-state index contributed by atoms with van der Waals surface area (Å²) in [5.41, 5.74) is 3.09. The molecule has 3 heterocycles. The predicted molar refractivity (Wildman–Crippen MR) is 78.8 cm³/mol. The maximum absolute atomic E-state index is 11.9. The fourth-order valence-electron chi connectivity index (χ4n) is 2.12. The maximum Gasteiger partial charge on any atom is 0.226 e. The number of nitrogens with zero attached hydrogens (tertiary/aromatic N) is 3. The molecule has 0 spiro atoms. The molecule has 0 saturated heterocycles. The fourth-order valence-corrected chi connectivity index (χ4v) is 2.84. The molecule has 0 aliphatic carbocycles. The van der Waals surface area contributed by atoms with E-state index in [0.29, 0.717) is 13.0 Å². The van der Waals surface area contributed by atoms with Crippen molar-refractivity contribution in [3.8, 4) is 0 Å². The van der Waals surface area contributed by atoms with Crippen LogP contribution in [0.4, 0.5) is 0 Å². The minimum atomic E-state index is -0.00499. The van der Waals surface area contributed by atoms with E-state index in [1.54, 1.807) is 11.3 Å². The number of thiazole rings is 1.